The largest absolute Gasteiger partial charge is 0.497 e. The lowest BCUT2D eigenvalue weighted by molar-refractivity contribution is 0.102. The van der Waals surface area contributed by atoms with E-state index in [2.05, 4.69) is 20.8 Å². The molecular formula is C17H17N5O3. The zero-order chi connectivity index (χ0) is 17.8. The topological polar surface area (TPSA) is 91.2 Å². The highest BCUT2D eigenvalue weighted by Crippen LogP contribution is 2.24. The van der Waals surface area contributed by atoms with Crippen LogP contribution in [0.2, 0.25) is 0 Å². The molecule has 8 nitrogen and oxygen atoms in total. The molecule has 8 heteroatoms. The Bertz CT molecular complexity index is 871. The molecule has 0 spiro atoms. The second kappa shape index (κ2) is 7.00. The fourth-order valence-corrected chi connectivity index (χ4v) is 2.35. The third-order valence-electron chi connectivity index (χ3n) is 3.68. The smallest absolute Gasteiger partial charge is 0.255 e. The van der Waals surface area contributed by atoms with E-state index in [-0.39, 0.29) is 5.91 Å². The van der Waals surface area contributed by atoms with Crippen LogP contribution < -0.4 is 14.8 Å². The Hall–Kier alpha value is -3.42. The van der Waals surface area contributed by atoms with Crippen molar-refractivity contribution in [1.82, 2.24) is 20.2 Å². The van der Waals surface area contributed by atoms with E-state index in [9.17, 15) is 4.79 Å². The highest BCUT2D eigenvalue weighted by molar-refractivity contribution is 6.05. The number of nitrogens with zero attached hydrogens (tertiary/aromatic N) is 4. The molecule has 0 saturated heterocycles. The second-order valence-corrected chi connectivity index (χ2v) is 5.31. The van der Waals surface area contributed by atoms with Crippen molar-refractivity contribution in [3.63, 3.8) is 0 Å². The van der Waals surface area contributed by atoms with Crippen LogP contribution in [0, 0.1) is 6.92 Å². The van der Waals surface area contributed by atoms with Gasteiger partial charge in [-0.1, -0.05) is 6.07 Å². The Kier molecular flexibility index (Phi) is 4.60. The number of nitrogens with one attached hydrogen (secondary N) is 1. The number of carbonyl (C=O) groups excluding carboxylic acids is 1. The second-order valence-electron chi connectivity index (χ2n) is 5.31. The molecule has 0 unspecified atom stereocenters. The number of anilines is 1. The minimum absolute atomic E-state index is 0.274. The van der Waals surface area contributed by atoms with Crippen molar-refractivity contribution in [2.75, 3.05) is 19.5 Å². The van der Waals surface area contributed by atoms with Crippen LogP contribution in [0.15, 0.2) is 42.7 Å². The van der Waals surface area contributed by atoms with Gasteiger partial charge in [0.2, 0.25) is 0 Å². The predicted octanol–water partition coefficient (Wildman–Crippen LogP) is 2.24. The molecule has 0 bridgehead atoms. The third-order valence-corrected chi connectivity index (χ3v) is 3.68. The number of hydrogen-bond donors (Lipinski definition) is 1. The van der Waals surface area contributed by atoms with Gasteiger partial charge in [-0.25, -0.2) is 4.68 Å². The van der Waals surface area contributed by atoms with Gasteiger partial charge in [0.1, 0.15) is 17.8 Å². The standard InChI is InChI=1S/C17H17N5O3/c1-11-4-5-13(8-16(11)22-10-18-20-21-22)19-17(23)12-6-14(24-2)9-15(7-12)25-3/h4-10H,1-3H3,(H,19,23). The lowest BCUT2D eigenvalue weighted by Gasteiger charge is -2.11. The fourth-order valence-electron chi connectivity index (χ4n) is 2.35. The van der Waals surface area contributed by atoms with Gasteiger partial charge in [-0.15, -0.1) is 5.10 Å². The van der Waals surface area contributed by atoms with E-state index in [1.807, 2.05) is 19.1 Å². The summed E-state index contributed by atoms with van der Waals surface area (Å²) in [6.45, 7) is 1.94. The molecule has 0 aliphatic rings. The molecular weight excluding hydrogens is 322 g/mol. The Labute approximate surface area is 144 Å². The molecule has 3 rings (SSSR count). The number of amides is 1. The van der Waals surface area contributed by atoms with Crippen molar-refractivity contribution in [2.45, 2.75) is 6.92 Å². The first-order chi connectivity index (χ1) is 12.1. The molecule has 2 aromatic carbocycles. The van der Waals surface area contributed by atoms with Crippen LogP contribution >= 0.6 is 0 Å². The summed E-state index contributed by atoms with van der Waals surface area (Å²) in [6.07, 6.45) is 1.50. The first-order valence-corrected chi connectivity index (χ1v) is 7.49. The number of methoxy groups -OCH3 is 2. The van der Waals surface area contributed by atoms with Crippen molar-refractivity contribution in [3.05, 3.63) is 53.9 Å². The van der Waals surface area contributed by atoms with Crippen LogP contribution in [0.3, 0.4) is 0 Å². The summed E-state index contributed by atoms with van der Waals surface area (Å²) in [6, 6.07) is 10.5. The van der Waals surface area contributed by atoms with E-state index in [0.29, 0.717) is 22.7 Å². The van der Waals surface area contributed by atoms with E-state index in [4.69, 9.17) is 9.47 Å². The van der Waals surface area contributed by atoms with Crippen LogP contribution in [0.4, 0.5) is 5.69 Å². The van der Waals surface area contributed by atoms with Crippen LogP contribution in [0.1, 0.15) is 15.9 Å². The first kappa shape index (κ1) is 16.4. The minimum Gasteiger partial charge on any atom is -0.497 e. The van der Waals surface area contributed by atoms with E-state index in [1.54, 1.807) is 28.9 Å². The number of aryl methyl sites for hydroxylation is 1. The predicted molar refractivity (Wildman–Crippen MR) is 91.4 cm³/mol. The molecule has 0 radical (unpaired) electrons. The molecule has 1 aromatic heterocycles. The van der Waals surface area contributed by atoms with Crippen LogP contribution in [-0.4, -0.2) is 40.3 Å². The summed E-state index contributed by atoms with van der Waals surface area (Å²) >= 11 is 0. The Morgan fingerprint density at radius 1 is 1.08 bits per heavy atom. The Balaban J connectivity index is 1.88. The van der Waals surface area contributed by atoms with Gasteiger partial charge in [0, 0.05) is 17.3 Å². The van der Waals surface area contributed by atoms with Gasteiger partial charge in [-0.2, -0.15) is 0 Å². The average molecular weight is 339 g/mol. The number of benzene rings is 2. The molecule has 25 heavy (non-hydrogen) atoms. The molecule has 1 amide bonds. The summed E-state index contributed by atoms with van der Waals surface area (Å²) in [4.78, 5) is 12.6. The van der Waals surface area contributed by atoms with Gasteiger partial charge in [0.25, 0.3) is 5.91 Å². The summed E-state index contributed by atoms with van der Waals surface area (Å²) in [7, 11) is 3.07. The number of hydrogen-bond acceptors (Lipinski definition) is 6. The van der Waals surface area contributed by atoms with Crippen molar-refractivity contribution in [2.24, 2.45) is 0 Å². The SMILES string of the molecule is COc1cc(OC)cc(C(=O)Nc2ccc(C)c(-n3cnnn3)c2)c1. The summed E-state index contributed by atoms with van der Waals surface area (Å²) in [5, 5.41) is 14.0. The number of carbonyl (C=O) groups is 1. The monoisotopic (exact) mass is 339 g/mol. The molecule has 1 N–H and O–H groups in total. The summed E-state index contributed by atoms with van der Waals surface area (Å²) in [5.74, 6) is 0.814. The number of rotatable bonds is 5. The third kappa shape index (κ3) is 3.57. The molecule has 3 aromatic rings. The molecule has 0 aliphatic carbocycles. The quantitative estimate of drug-likeness (QED) is 0.766. The number of aromatic nitrogens is 4. The minimum atomic E-state index is -0.274. The zero-order valence-electron chi connectivity index (χ0n) is 14.1. The summed E-state index contributed by atoms with van der Waals surface area (Å²) in [5.41, 5.74) is 2.82. The van der Waals surface area contributed by atoms with Crippen molar-refractivity contribution >= 4 is 11.6 Å². The molecule has 0 atom stereocenters. The molecule has 0 fully saturated rings. The number of ether oxygens (including phenoxy) is 2. The normalized spacial score (nSPS) is 10.4. The molecule has 1 heterocycles. The van der Waals surface area contributed by atoms with E-state index in [0.717, 1.165) is 11.3 Å². The molecule has 0 saturated carbocycles. The number of tetrazole rings is 1. The van der Waals surface area contributed by atoms with E-state index >= 15 is 0 Å². The molecule has 0 aliphatic heterocycles. The highest BCUT2D eigenvalue weighted by Gasteiger charge is 2.12. The highest BCUT2D eigenvalue weighted by atomic mass is 16.5. The van der Waals surface area contributed by atoms with Gasteiger partial charge in [0.05, 0.1) is 19.9 Å². The van der Waals surface area contributed by atoms with Gasteiger partial charge < -0.3 is 14.8 Å². The van der Waals surface area contributed by atoms with Crippen LogP contribution in [-0.2, 0) is 0 Å². The maximum atomic E-state index is 12.6. The van der Waals surface area contributed by atoms with Crippen LogP contribution in [0.5, 0.6) is 11.5 Å². The Morgan fingerprint density at radius 2 is 1.80 bits per heavy atom. The lowest BCUT2D eigenvalue weighted by atomic mass is 10.1. The van der Waals surface area contributed by atoms with Crippen molar-refractivity contribution < 1.29 is 14.3 Å². The van der Waals surface area contributed by atoms with E-state index < -0.39 is 0 Å². The van der Waals surface area contributed by atoms with Gasteiger partial charge >= 0.3 is 0 Å². The maximum absolute atomic E-state index is 12.6. The van der Waals surface area contributed by atoms with Crippen molar-refractivity contribution in [3.8, 4) is 17.2 Å². The zero-order valence-corrected chi connectivity index (χ0v) is 14.1. The summed E-state index contributed by atoms with van der Waals surface area (Å²) < 4.78 is 11.9. The van der Waals surface area contributed by atoms with Gasteiger partial charge in [0.15, 0.2) is 0 Å². The lowest BCUT2D eigenvalue weighted by Crippen LogP contribution is -2.13. The average Bonchev–Trinajstić information content (AvgIpc) is 3.17. The van der Waals surface area contributed by atoms with Gasteiger partial charge in [-0.3, -0.25) is 4.79 Å². The van der Waals surface area contributed by atoms with Crippen molar-refractivity contribution in [1.29, 1.82) is 0 Å². The van der Waals surface area contributed by atoms with Gasteiger partial charge in [-0.05, 0) is 47.2 Å². The molecule has 128 valence electrons. The van der Waals surface area contributed by atoms with E-state index in [1.165, 1.54) is 20.5 Å². The fraction of sp³-hybridized carbons (Fsp3) is 0.176. The maximum Gasteiger partial charge on any atom is 0.255 e. The Morgan fingerprint density at radius 3 is 2.40 bits per heavy atom. The van der Waals surface area contributed by atoms with Crippen LogP contribution in [0.25, 0.3) is 5.69 Å². The first-order valence-electron chi connectivity index (χ1n) is 7.49.